The fourth-order valence-electron chi connectivity index (χ4n) is 1.56. The highest BCUT2D eigenvalue weighted by Gasteiger charge is 2.19. The van der Waals surface area contributed by atoms with Gasteiger partial charge in [-0.2, -0.15) is 0 Å². The van der Waals surface area contributed by atoms with Crippen molar-refractivity contribution in [2.75, 3.05) is 6.54 Å². The van der Waals surface area contributed by atoms with Crippen LogP contribution < -0.4 is 11.1 Å². The van der Waals surface area contributed by atoms with Gasteiger partial charge in [0.05, 0.1) is 17.0 Å². The van der Waals surface area contributed by atoms with E-state index in [0.29, 0.717) is 6.54 Å². The van der Waals surface area contributed by atoms with Crippen molar-refractivity contribution in [3.63, 3.8) is 0 Å². The van der Waals surface area contributed by atoms with Crippen LogP contribution in [0, 0.1) is 0 Å². The number of nitrogens with zero attached hydrogens (tertiary/aromatic N) is 1. The van der Waals surface area contributed by atoms with E-state index in [2.05, 4.69) is 26.2 Å². The lowest BCUT2D eigenvalue weighted by atomic mass is 10.1. The van der Waals surface area contributed by atoms with Crippen LogP contribution >= 0.6 is 63.4 Å². The monoisotopic (exact) mass is 445 g/mol. The number of thiazole rings is 1. The van der Waals surface area contributed by atoms with Gasteiger partial charge in [-0.05, 0) is 35.8 Å². The molecular formula is C13H18BrCl2N3OS2. The summed E-state index contributed by atoms with van der Waals surface area (Å²) in [6, 6.07) is 2.03. The molecule has 2 rings (SSSR count). The Labute approximate surface area is 158 Å². The number of nitrogens with one attached hydrogen (secondary N) is 1. The van der Waals surface area contributed by atoms with Crippen LogP contribution in [0.2, 0.25) is 0 Å². The molecular weight excluding hydrogens is 429 g/mol. The first kappa shape index (κ1) is 21.8. The maximum atomic E-state index is 11.9. The van der Waals surface area contributed by atoms with Crippen molar-refractivity contribution >= 4 is 69.3 Å². The second-order valence-corrected chi connectivity index (χ2v) is 7.77. The van der Waals surface area contributed by atoms with Gasteiger partial charge in [0.25, 0.3) is 0 Å². The summed E-state index contributed by atoms with van der Waals surface area (Å²) in [5.74, 6) is -0.0512. The van der Waals surface area contributed by atoms with Crippen molar-refractivity contribution in [3.8, 4) is 9.88 Å². The lowest BCUT2D eigenvalue weighted by Crippen LogP contribution is -2.49. The summed E-state index contributed by atoms with van der Waals surface area (Å²) in [7, 11) is 0. The van der Waals surface area contributed by atoms with Crippen LogP contribution in [0.15, 0.2) is 21.3 Å². The molecule has 0 saturated carbocycles. The number of nitrogens with two attached hydrogens (primary N) is 1. The van der Waals surface area contributed by atoms with E-state index in [1.807, 2.05) is 30.7 Å². The van der Waals surface area contributed by atoms with Crippen LogP contribution in [0.5, 0.6) is 0 Å². The van der Waals surface area contributed by atoms with Gasteiger partial charge < -0.3 is 11.1 Å². The van der Waals surface area contributed by atoms with Crippen LogP contribution in [0.3, 0.4) is 0 Å². The molecule has 22 heavy (non-hydrogen) atoms. The topological polar surface area (TPSA) is 68.0 Å². The molecule has 9 heteroatoms. The van der Waals surface area contributed by atoms with Gasteiger partial charge in [-0.1, -0.05) is 0 Å². The summed E-state index contributed by atoms with van der Waals surface area (Å²) < 4.78 is 1.05. The molecule has 0 aliphatic rings. The molecule has 2 heterocycles. The standard InChI is InChI=1S/C13H16BrN3OS2.2ClH/c1-13(2,7-15)17-11(18)4-9-6-20-12(16-9)10-3-8(14)5-19-10;;/h3,5-6H,4,7,15H2,1-2H3,(H,17,18);2*1H. The van der Waals surface area contributed by atoms with E-state index in [-0.39, 0.29) is 42.7 Å². The Morgan fingerprint density at radius 3 is 2.59 bits per heavy atom. The first-order valence-electron chi connectivity index (χ1n) is 6.09. The van der Waals surface area contributed by atoms with Gasteiger partial charge in [0.1, 0.15) is 5.01 Å². The molecule has 2 aromatic heterocycles. The van der Waals surface area contributed by atoms with Crippen LogP contribution in [0.4, 0.5) is 0 Å². The number of hydrogen-bond acceptors (Lipinski definition) is 5. The predicted octanol–water partition coefficient (Wildman–Crippen LogP) is 3.87. The molecule has 0 spiro atoms. The average molecular weight is 447 g/mol. The van der Waals surface area contributed by atoms with E-state index < -0.39 is 0 Å². The molecule has 2 aromatic rings. The molecule has 0 fully saturated rings. The van der Waals surface area contributed by atoms with Gasteiger partial charge >= 0.3 is 0 Å². The van der Waals surface area contributed by atoms with E-state index in [4.69, 9.17) is 5.73 Å². The zero-order valence-electron chi connectivity index (χ0n) is 12.1. The molecule has 4 nitrogen and oxygen atoms in total. The molecule has 1 amide bonds. The summed E-state index contributed by atoms with van der Waals surface area (Å²) in [6.07, 6.45) is 0.284. The second-order valence-electron chi connectivity index (χ2n) is 5.09. The van der Waals surface area contributed by atoms with Gasteiger partial charge in [-0.25, -0.2) is 4.98 Å². The number of rotatable bonds is 5. The third-order valence-corrected chi connectivity index (χ3v) is 5.41. The zero-order valence-corrected chi connectivity index (χ0v) is 16.9. The zero-order chi connectivity index (χ0) is 14.8. The second kappa shape index (κ2) is 9.20. The van der Waals surface area contributed by atoms with Crippen molar-refractivity contribution in [1.82, 2.24) is 10.3 Å². The molecule has 124 valence electrons. The highest BCUT2D eigenvalue weighted by atomic mass is 79.9. The van der Waals surface area contributed by atoms with Gasteiger partial charge in [0.2, 0.25) is 5.91 Å². The fraction of sp³-hybridized carbons (Fsp3) is 0.385. The van der Waals surface area contributed by atoms with Gasteiger partial charge in [-0.15, -0.1) is 47.5 Å². The molecule has 0 bridgehead atoms. The van der Waals surface area contributed by atoms with E-state index in [1.165, 1.54) is 0 Å². The number of thiophene rings is 1. The Balaban J connectivity index is 0.00000220. The fourth-order valence-corrected chi connectivity index (χ4v) is 3.89. The SMILES string of the molecule is CC(C)(CN)NC(=O)Cc1csc(-c2cc(Br)cs2)n1.Cl.Cl. The van der Waals surface area contributed by atoms with Crippen LogP contribution in [-0.4, -0.2) is 23.0 Å². The quantitative estimate of drug-likeness (QED) is 0.732. The molecule has 0 radical (unpaired) electrons. The molecule has 0 aliphatic carbocycles. The Bertz CT molecular complexity index is 616. The predicted molar refractivity (Wildman–Crippen MR) is 103 cm³/mol. The molecule has 0 aromatic carbocycles. The van der Waals surface area contributed by atoms with Crippen molar-refractivity contribution < 1.29 is 4.79 Å². The smallest absolute Gasteiger partial charge is 0.226 e. The number of amides is 1. The molecule has 3 N–H and O–H groups in total. The minimum absolute atomic E-state index is 0. The van der Waals surface area contributed by atoms with Crippen LogP contribution in [0.1, 0.15) is 19.5 Å². The third-order valence-electron chi connectivity index (χ3n) is 2.66. The number of aromatic nitrogens is 1. The van der Waals surface area contributed by atoms with Crippen molar-refractivity contribution in [1.29, 1.82) is 0 Å². The van der Waals surface area contributed by atoms with Gasteiger partial charge in [0.15, 0.2) is 0 Å². The normalized spacial score (nSPS) is 10.5. The largest absolute Gasteiger partial charge is 0.350 e. The van der Waals surface area contributed by atoms with Crippen molar-refractivity contribution in [2.24, 2.45) is 5.73 Å². The molecule has 0 unspecified atom stereocenters. The number of carbonyl (C=O) groups excluding carboxylic acids is 1. The maximum absolute atomic E-state index is 11.9. The minimum atomic E-state index is -0.380. The minimum Gasteiger partial charge on any atom is -0.350 e. The molecule has 0 aliphatic heterocycles. The van der Waals surface area contributed by atoms with Crippen LogP contribution in [0.25, 0.3) is 9.88 Å². The Kier molecular flexibility index (Phi) is 9.12. The summed E-state index contributed by atoms with van der Waals surface area (Å²) in [5.41, 5.74) is 6.01. The third kappa shape index (κ3) is 6.14. The van der Waals surface area contributed by atoms with E-state index in [1.54, 1.807) is 22.7 Å². The Morgan fingerprint density at radius 2 is 2.05 bits per heavy atom. The Hall–Kier alpha value is -0.180. The summed E-state index contributed by atoms with van der Waals surface area (Å²) >= 11 is 6.62. The maximum Gasteiger partial charge on any atom is 0.226 e. The first-order valence-corrected chi connectivity index (χ1v) is 8.65. The first-order chi connectivity index (χ1) is 9.39. The summed E-state index contributed by atoms with van der Waals surface area (Å²) in [6.45, 7) is 4.21. The van der Waals surface area contributed by atoms with Crippen LogP contribution in [-0.2, 0) is 11.2 Å². The molecule has 0 atom stereocenters. The average Bonchev–Trinajstić information content (AvgIpc) is 2.97. The van der Waals surface area contributed by atoms with E-state index in [9.17, 15) is 4.79 Å². The number of carbonyl (C=O) groups is 1. The van der Waals surface area contributed by atoms with E-state index >= 15 is 0 Å². The molecule has 0 saturated heterocycles. The van der Waals surface area contributed by atoms with Crippen molar-refractivity contribution in [3.05, 3.63) is 27.0 Å². The summed E-state index contributed by atoms with van der Waals surface area (Å²) in [4.78, 5) is 17.5. The van der Waals surface area contributed by atoms with Gasteiger partial charge in [-0.3, -0.25) is 4.79 Å². The van der Waals surface area contributed by atoms with Crippen molar-refractivity contribution in [2.45, 2.75) is 25.8 Å². The Morgan fingerprint density at radius 1 is 1.36 bits per heavy atom. The number of halogens is 3. The lowest BCUT2D eigenvalue weighted by molar-refractivity contribution is -0.121. The number of hydrogen-bond donors (Lipinski definition) is 2. The van der Waals surface area contributed by atoms with Gasteiger partial charge in [0, 0.05) is 27.3 Å². The van der Waals surface area contributed by atoms with E-state index in [0.717, 1.165) is 20.1 Å². The highest BCUT2D eigenvalue weighted by molar-refractivity contribution is 9.10. The summed E-state index contributed by atoms with van der Waals surface area (Å²) in [5, 5.41) is 7.80. The highest BCUT2D eigenvalue weighted by Crippen LogP contribution is 2.32. The lowest BCUT2D eigenvalue weighted by Gasteiger charge is -2.23.